The Morgan fingerprint density at radius 3 is 2.25 bits per heavy atom. The van der Waals surface area contributed by atoms with Gasteiger partial charge in [-0.2, -0.15) is 0 Å². The van der Waals surface area contributed by atoms with Gasteiger partial charge in [-0.05, 0) is 61.4 Å². The number of anilines is 4. The van der Waals surface area contributed by atoms with Gasteiger partial charge in [-0.3, -0.25) is 4.79 Å². The van der Waals surface area contributed by atoms with Crippen molar-refractivity contribution in [1.82, 2.24) is 4.98 Å². The highest BCUT2D eigenvalue weighted by atomic mass is 16.2. The average molecular weight is 372 g/mol. The number of nitrogens with one attached hydrogen (secondary N) is 1. The van der Waals surface area contributed by atoms with Crippen LogP contribution in [0.15, 0.2) is 72.9 Å². The fourth-order valence-corrected chi connectivity index (χ4v) is 3.43. The molecule has 1 fully saturated rings. The van der Waals surface area contributed by atoms with Crippen LogP contribution in [0.5, 0.6) is 0 Å². The lowest BCUT2D eigenvalue weighted by molar-refractivity contribution is 0.0988. The minimum absolute atomic E-state index is 0.132. The van der Waals surface area contributed by atoms with Gasteiger partial charge in [0.15, 0.2) is 0 Å². The Hall–Kier alpha value is -3.34. The van der Waals surface area contributed by atoms with Gasteiger partial charge >= 0.3 is 0 Å². The Balaban J connectivity index is 1.41. The highest BCUT2D eigenvalue weighted by Crippen LogP contribution is 2.24. The molecule has 1 aliphatic rings. The van der Waals surface area contributed by atoms with Crippen molar-refractivity contribution in [3.63, 3.8) is 0 Å². The van der Waals surface area contributed by atoms with Crippen LogP contribution in [0.1, 0.15) is 23.3 Å². The normalized spacial score (nSPS) is 13.4. The molecule has 0 unspecified atom stereocenters. The van der Waals surface area contributed by atoms with Gasteiger partial charge in [0.1, 0.15) is 5.69 Å². The van der Waals surface area contributed by atoms with Crippen molar-refractivity contribution < 1.29 is 4.79 Å². The van der Waals surface area contributed by atoms with E-state index in [1.807, 2.05) is 36.4 Å². The zero-order chi connectivity index (χ0) is 19.3. The van der Waals surface area contributed by atoms with Gasteiger partial charge in [0.2, 0.25) is 0 Å². The Bertz CT molecular complexity index is 917. The number of amides is 1. The summed E-state index contributed by atoms with van der Waals surface area (Å²) in [4.78, 5) is 21.0. The summed E-state index contributed by atoms with van der Waals surface area (Å²) in [5.74, 6) is -0.132. The molecule has 1 amide bonds. The molecule has 2 aromatic carbocycles. The summed E-state index contributed by atoms with van der Waals surface area (Å²) in [5, 5.41) is 3.34. The van der Waals surface area contributed by atoms with E-state index in [0.29, 0.717) is 5.69 Å². The van der Waals surface area contributed by atoms with Crippen LogP contribution < -0.4 is 15.1 Å². The van der Waals surface area contributed by atoms with Gasteiger partial charge in [-0.15, -0.1) is 0 Å². The van der Waals surface area contributed by atoms with Crippen LogP contribution in [-0.2, 0) is 0 Å². The minimum atomic E-state index is -0.132. The van der Waals surface area contributed by atoms with Crippen LogP contribution in [0.3, 0.4) is 0 Å². The molecule has 0 spiro atoms. The molecule has 2 heterocycles. The van der Waals surface area contributed by atoms with Crippen LogP contribution in [0.4, 0.5) is 22.7 Å². The topological polar surface area (TPSA) is 48.5 Å². The molecule has 4 rings (SSSR count). The number of para-hydroxylation sites is 1. The first kappa shape index (κ1) is 18.0. The maximum Gasteiger partial charge on any atom is 0.276 e. The summed E-state index contributed by atoms with van der Waals surface area (Å²) in [5.41, 5.74) is 4.39. The number of nitrogens with zero attached hydrogens (tertiary/aromatic N) is 3. The average Bonchev–Trinajstić information content (AvgIpc) is 3.29. The van der Waals surface area contributed by atoms with E-state index in [1.165, 1.54) is 18.5 Å². The predicted octanol–water partition coefficient (Wildman–Crippen LogP) is 4.70. The first-order chi connectivity index (χ1) is 13.7. The SMILES string of the molecule is CN(C(=O)c1ccc(Nc2ccc(N3CCCC3)cc2)cn1)c1ccccc1. The van der Waals surface area contributed by atoms with Gasteiger partial charge in [0, 0.05) is 37.2 Å². The third kappa shape index (κ3) is 3.98. The van der Waals surface area contributed by atoms with E-state index in [-0.39, 0.29) is 5.91 Å². The summed E-state index contributed by atoms with van der Waals surface area (Å²) in [6, 6.07) is 21.6. The lowest BCUT2D eigenvalue weighted by Crippen LogP contribution is -2.26. The number of pyridine rings is 1. The molecule has 0 bridgehead atoms. The Morgan fingerprint density at radius 2 is 1.61 bits per heavy atom. The number of benzene rings is 2. The fraction of sp³-hybridized carbons (Fsp3) is 0.217. The minimum Gasteiger partial charge on any atom is -0.372 e. The number of aromatic nitrogens is 1. The number of rotatable bonds is 5. The molecule has 0 aliphatic carbocycles. The monoisotopic (exact) mass is 372 g/mol. The number of carbonyl (C=O) groups is 1. The number of hydrogen-bond donors (Lipinski definition) is 1. The molecule has 28 heavy (non-hydrogen) atoms. The molecule has 1 aliphatic heterocycles. The number of carbonyl (C=O) groups excluding carboxylic acids is 1. The largest absolute Gasteiger partial charge is 0.372 e. The van der Waals surface area contributed by atoms with E-state index >= 15 is 0 Å². The van der Waals surface area contributed by atoms with E-state index in [2.05, 4.69) is 39.5 Å². The summed E-state index contributed by atoms with van der Waals surface area (Å²) < 4.78 is 0. The molecule has 5 heteroatoms. The zero-order valence-corrected chi connectivity index (χ0v) is 16.0. The predicted molar refractivity (Wildman–Crippen MR) is 115 cm³/mol. The first-order valence-electron chi connectivity index (χ1n) is 9.62. The van der Waals surface area contributed by atoms with E-state index < -0.39 is 0 Å². The molecule has 142 valence electrons. The molecule has 0 saturated carbocycles. The summed E-state index contributed by atoms with van der Waals surface area (Å²) >= 11 is 0. The molecular formula is C23H24N4O. The van der Waals surface area contributed by atoms with Gasteiger partial charge in [0.05, 0.1) is 11.9 Å². The highest BCUT2D eigenvalue weighted by Gasteiger charge is 2.15. The highest BCUT2D eigenvalue weighted by molar-refractivity contribution is 6.04. The summed E-state index contributed by atoms with van der Waals surface area (Å²) in [6.07, 6.45) is 4.24. The van der Waals surface area contributed by atoms with E-state index in [4.69, 9.17) is 0 Å². The van der Waals surface area contributed by atoms with Gasteiger partial charge in [-0.1, -0.05) is 18.2 Å². The van der Waals surface area contributed by atoms with Crippen molar-refractivity contribution in [2.75, 3.05) is 35.3 Å². The van der Waals surface area contributed by atoms with Crippen molar-refractivity contribution in [3.8, 4) is 0 Å². The zero-order valence-electron chi connectivity index (χ0n) is 16.0. The molecule has 3 aromatic rings. The second kappa shape index (κ2) is 8.13. The van der Waals surface area contributed by atoms with Crippen molar-refractivity contribution >= 4 is 28.7 Å². The third-order valence-electron chi connectivity index (χ3n) is 5.06. The van der Waals surface area contributed by atoms with Crippen LogP contribution in [0.25, 0.3) is 0 Å². The molecular weight excluding hydrogens is 348 g/mol. The standard InChI is InChI=1S/C23H24N4O/c1-26(20-7-3-2-4-8-20)23(28)22-14-11-19(17-24-22)25-18-9-12-21(13-10-18)27-15-5-6-16-27/h2-4,7-14,17,25H,5-6,15-16H2,1H3. The van der Waals surface area contributed by atoms with Crippen LogP contribution >= 0.6 is 0 Å². The van der Waals surface area contributed by atoms with Crippen LogP contribution in [-0.4, -0.2) is 31.0 Å². The quantitative estimate of drug-likeness (QED) is 0.705. The van der Waals surface area contributed by atoms with Crippen LogP contribution in [0.2, 0.25) is 0 Å². The Morgan fingerprint density at radius 1 is 0.929 bits per heavy atom. The molecule has 1 N–H and O–H groups in total. The molecule has 1 saturated heterocycles. The maximum absolute atomic E-state index is 12.6. The molecule has 0 radical (unpaired) electrons. The van der Waals surface area contributed by atoms with Crippen molar-refractivity contribution in [3.05, 3.63) is 78.6 Å². The second-order valence-electron chi connectivity index (χ2n) is 7.00. The lowest BCUT2D eigenvalue weighted by atomic mass is 10.2. The summed E-state index contributed by atoms with van der Waals surface area (Å²) in [7, 11) is 1.76. The molecule has 1 aromatic heterocycles. The third-order valence-corrected chi connectivity index (χ3v) is 5.06. The summed E-state index contributed by atoms with van der Waals surface area (Å²) in [6.45, 7) is 2.28. The first-order valence-corrected chi connectivity index (χ1v) is 9.62. The Labute approximate surface area is 165 Å². The van der Waals surface area contributed by atoms with Gasteiger partial charge in [0.25, 0.3) is 5.91 Å². The van der Waals surface area contributed by atoms with E-state index in [0.717, 1.165) is 30.2 Å². The molecule has 5 nitrogen and oxygen atoms in total. The van der Waals surface area contributed by atoms with E-state index in [9.17, 15) is 4.79 Å². The fourth-order valence-electron chi connectivity index (χ4n) is 3.43. The molecule has 0 atom stereocenters. The van der Waals surface area contributed by atoms with E-state index in [1.54, 1.807) is 24.2 Å². The van der Waals surface area contributed by atoms with Gasteiger partial charge < -0.3 is 15.1 Å². The smallest absolute Gasteiger partial charge is 0.276 e. The van der Waals surface area contributed by atoms with Crippen molar-refractivity contribution in [2.45, 2.75) is 12.8 Å². The number of hydrogen-bond acceptors (Lipinski definition) is 4. The van der Waals surface area contributed by atoms with Gasteiger partial charge in [-0.25, -0.2) is 4.98 Å². The van der Waals surface area contributed by atoms with Crippen LogP contribution in [0, 0.1) is 0 Å². The van der Waals surface area contributed by atoms with Crippen molar-refractivity contribution in [2.24, 2.45) is 0 Å². The van der Waals surface area contributed by atoms with Crippen molar-refractivity contribution in [1.29, 1.82) is 0 Å². The maximum atomic E-state index is 12.6. The lowest BCUT2D eigenvalue weighted by Gasteiger charge is -2.18. The Kier molecular flexibility index (Phi) is 5.24. The second-order valence-corrected chi connectivity index (χ2v) is 7.00.